The number of hydrogen-bond donors (Lipinski definition) is 2. The van der Waals surface area contributed by atoms with Gasteiger partial charge in [0.05, 0.1) is 6.61 Å². The zero-order valence-electron chi connectivity index (χ0n) is 21.8. The Morgan fingerprint density at radius 2 is 1.71 bits per heavy atom. The number of hydrazine groups is 1. The Bertz CT molecular complexity index is 786. The van der Waals surface area contributed by atoms with Crippen LogP contribution in [0.3, 0.4) is 0 Å². The number of piperidine rings is 1. The summed E-state index contributed by atoms with van der Waals surface area (Å²) in [6.07, 6.45) is 6.79. The summed E-state index contributed by atoms with van der Waals surface area (Å²) in [6, 6.07) is 0.575. The van der Waals surface area contributed by atoms with E-state index in [0.29, 0.717) is 18.6 Å². The Morgan fingerprint density at radius 3 is 2.37 bits per heavy atom. The molecule has 4 fully saturated rings. The van der Waals surface area contributed by atoms with Crippen molar-refractivity contribution in [3.63, 3.8) is 0 Å². The number of carbonyl (C=O) groups excluding carboxylic acids is 3. The second-order valence-corrected chi connectivity index (χ2v) is 11.8. The highest BCUT2D eigenvalue weighted by molar-refractivity contribution is 5.78. The van der Waals surface area contributed by atoms with Crippen molar-refractivity contribution in [3.05, 3.63) is 0 Å². The molecule has 198 valence electrons. The van der Waals surface area contributed by atoms with Crippen LogP contribution in [0, 0.1) is 11.3 Å². The molecule has 1 saturated carbocycles. The number of carbonyl (C=O) groups is 3. The van der Waals surface area contributed by atoms with Crippen molar-refractivity contribution in [1.29, 1.82) is 0 Å². The van der Waals surface area contributed by atoms with E-state index in [0.717, 1.165) is 64.8 Å². The van der Waals surface area contributed by atoms with Crippen LogP contribution in [-0.2, 0) is 9.47 Å². The quantitative estimate of drug-likeness (QED) is 0.585. The van der Waals surface area contributed by atoms with E-state index in [2.05, 4.69) is 15.8 Å². The average Bonchev–Trinajstić information content (AvgIpc) is 3.44. The number of ether oxygens (including phenoxy) is 2. The molecule has 1 aliphatic carbocycles. The molecule has 3 aliphatic heterocycles. The topological polar surface area (TPSA) is 103 Å². The van der Waals surface area contributed by atoms with Crippen molar-refractivity contribution < 1.29 is 23.9 Å². The SMILES string of the molecule is CCOC(=O)N1CCC2(CC(N3CCC(C4CCCN4C(=O)NNC(=O)OC(C)(C)C)CC3)C2)C1. The van der Waals surface area contributed by atoms with E-state index in [9.17, 15) is 14.4 Å². The lowest BCUT2D eigenvalue weighted by Crippen LogP contribution is -2.56. The van der Waals surface area contributed by atoms with Crippen molar-refractivity contribution in [3.8, 4) is 0 Å². The summed E-state index contributed by atoms with van der Waals surface area (Å²) < 4.78 is 10.4. The van der Waals surface area contributed by atoms with Crippen LogP contribution in [-0.4, -0.2) is 89.9 Å². The number of nitrogens with zero attached hydrogens (tertiary/aromatic N) is 3. The lowest BCUT2D eigenvalue weighted by molar-refractivity contribution is -0.0145. The number of likely N-dealkylation sites (tertiary alicyclic amines) is 3. The Balaban J connectivity index is 1.19. The molecule has 35 heavy (non-hydrogen) atoms. The number of rotatable bonds is 3. The zero-order chi connectivity index (χ0) is 25.2. The molecular weight excluding hydrogens is 450 g/mol. The van der Waals surface area contributed by atoms with Gasteiger partial charge in [0.1, 0.15) is 5.60 Å². The monoisotopic (exact) mass is 493 g/mol. The third-order valence-corrected chi connectivity index (χ3v) is 8.17. The third kappa shape index (κ3) is 6.13. The largest absolute Gasteiger partial charge is 0.450 e. The van der Waals surface area contributed by atoms with Crippen LogP contribution in [0.5, 0.6) is 0 Å². The molecule has 3 saturated heterocycles. The summed E-state index contributed by atoms with van der Waals surface area (Å²) in [7, 11) is 0. The predicted molar refractivity (Wildman–Crippen MR) is 131 cm³/mol. The first-order chi connectivity index (χ1) is 16.6. The molecule has 0 aromatic heterocycles. The van der Waals surface area contributed by atoms with Gasteiger partial charge in [-0.3, -0.25) is 0 Å². The molecule has 0 radical (unpaired) electrons. The van der Waals surface area contributed by atoms with E-state index in [4.69, 9.17) is 9.47 Å². The van der Waals surface area contributed by atoms with Gasteiger partial charge < -0.3 is 24.2 Å². The van der Waals surface area contributed by atoms with Gasteiger partial charge in [0.25, 0.3) is 0 Å². The lowest BCUT2D eigenvalue weighted by atomic mass is 9.64. The summed E-state index contributed by atoms with van der Waals surface area (Å²) >= 11 is 0. The van der Waals surface area contributed by atoms with Crippen LogP contribution in [0.15, 0.2) is 0 Å². The van der Waals surface area contributed by atoms with Crippen molar-refractivity contribution in [2.75, 3.05) is 39.3 Å². The van der Waals surface area contributed by atoms with Crippen molar-refractivity contribution in [1.82, 2.24) is 25.6 Å². The molecular formula is C25H43N5O5. The lowest BCUT2D eigenvalue weighted by Gasteiger charge is -2.52. The number of nitrogens with one attached hydrogen (secondary N) is 2. The van der Waals surface area contributed by atoms with Crippen LogP contribution >= 0.6 is 0 Å². The fraction of sp³-hybridized carbons (Fsp3) is 0.880. The van der Waals surface area contributed by atoms with Gasteiger partial charge in [0.15, 0.2) is 0 Å². The molecule has 2 N–H and O–H groups in total. The smallest absolute Gasteiger partial charge is 0.426 e. The fourth-order valence-corrected chi connectivity index (χ4v) is 6.52. The molecule has 0 bridgehead atoms. The van der Waals surface area contributed by atoms with Crippen molar-refractivity contribution >= 4 is 18.2 Å². The van der Waals surface area contributed by atoms with Crippen LogP contribution in [0.25, 0.3) is 0 Å². The minimum Gasteiger partial charge on any atom is -0.450 e. The van der Waals surface area contributed by atoms with E-state index >= 15 is 0 Å². The molecule has 4 aliphatic rings. The second-order valence-electron chi connectivity index (χ2n) is 11.8. The number of amides is 4. The van der Waals surface area contributed by atoms with Crippen LogP contribution < -0.4 is 10.9 Å². The fourth-order valence-electron chi connectivity index (χ4n) is 6.52. The molecule has 10 heteroatoms. The van der Waals surface area contributed by atoms with E-state index < -0.39 is 11.7 Å². The second kappa shape index (κ2) is 10.4. The van der Waals surface area contributed by atoms with Gasteiger partial charge in [0.2, 0.25) is 0 Å². The van der Waals surface area contributed by atoms with Gasteiger partial charge in [-0.05, 0) is 97.1 Å². The van der Waals surface area contributed by atoms with Crippen LogP contribution in [0.4, 0.5) is 14.4 Å². The zero-order valence-corrected chi connectivity index (χ0v) is 21.8. The Kier molecular flexibility index (Phi) is 7.68. The highest BCUT2D eigenvalue weighted by atomic mass is 16.6. The summed E-state index contributed by atoms with van der Waals surface area (Å²) in [6.45, 7) is 12.1. The van der Waals surface area contributed by atoms with E-state index in [1.807, 2.05) is 16.7 Å². The molecule has 1 spiro atoms. The maximum Gasteiger partial charge on any atom is 0.426 e. The normalized spacial score (nSPS) is 29.7. The number of hydrogen-bond acceptors (Lipinski definition) is 6. The standard InChI is InChI=1S/C25H43N5O5/c1-5-34-23(33)29-14-10-25(17-29)15-19(16-25)28-12-8-18(9-13-28)20-7-6-11-30(20)21(31)26-27-22(32)35-24(2,3)4/h18-20H,5-17H2,1-4H3,(H,26,31)(H,27,32). The molecule has 4 rings (SSSR count). The van der Waals surface area contributed by atoms with Crippen molar-refractivity contribution in [2.45, 2.75) is 90.3 Å². The average molecular weight is 494 g/mol. The number of urea groups is 1. The minimum atomic E-state index is -0.652. The van der Waals surface area contributed by atoms with Crippen molar-refractivity contribution in [2.24, 2.45) is 11.3 Å². The van der Waals surface area contributed by atoms with Gasteiger partial charge in [0, 0.05) is 31.7 Å². The molecule has 4 amide bonds. The van der Waals surface area contributed by atoms with Crippen LogP contribution in [0.1, 0.15) is 72.6 Å². The maximum atomic E-state index is 12.8. The molecule has 0 aromatic rings. The Labute approximate surface area is 209 Å². The molecule has 1 atom stereocenters. The molecule has 3 heterocycles. The van der Waals surface area contributed by atoms with E-state index in [1.165, 1.54) is 12.8 Å². The Hall–Kier alpha value is -2.23. The third-order valence-electron chi connectivity index (χ3n) is 8.17. The van der Waals surface area contributed by atoms with Gasteiger partial charge in [-0.1, -0.05) is 0 Å². The summed E-state index contributed by atoms with van der Waals surface area (Å²) in [4.78, 5) is 43.1. The van der Waals surface area contributed by atoms with E-state index in [1.54, 1.807) is 20.8 Å². The van der Waals surface area contributed by atoms with E-state index in [-0.39, 0.29) is 23.6 Å². The summed E-state index contributed by atoms with van der Waals surface area (Å²) in [5, 5.41) is 0. The first kappa shape index (κ1) is 25.9. The van der Waals surface area contributed by atoms with Gasteiger partial charge >= 0.3 is 18.2 Å². The Morgan fingerprint density at radius 1 is 1.00 bits per heavy atom. The highest BCUT2D eigenvalue weighted by Gasteiger charge is 2.51. The molecule has 0 aromatic carbocycles. The van der Waals surface area contributed by atoms with Gasteiger partial charge in [-0.2, -0.15) is 0 Å². The predicted octanol–water partition coefficient (Wildman–Crippen LogP) is 3.32. The van der Waals surface area contributed by atoms with Gasteiger partial charge in [-0.15, -0.1) is 0 Å². The van der Waals surface area contributed by atoms with Crippen LogP contribution in [0.2, 0.25) is 0 Å². The highest BCUT2D eigenvalue weighted by Crippen LogP contribution is 2.51. The summed E-state index contributed by atoms with van der Waals surface area (Å²) in [5.41, 5.74) is 4.57. The molecule has 1 unspecified atom stereocenters. The first-order valence-corrected chi connectivity index (χ1v) is 13.3. The molecule has 10 nitrogen and oxygen atoms in total. The van der Waals surface area contributed by atoms with Gasteiger partial charge in [-0.25, -0.2) is 25.2 Å². The summed E-state index contributed by atoms with van der Waals surface area (Å²) in [5.74, 6) is 0.487. The minimum absolute atomic E-state index is 0.167. The first-order valence-electron chi connectivity index (χ1n) is 13.3. The maximum absolute atomic E-state index is 12.8.